The summed E-state index contributed by atoms with van der Waals surface area (Å²) in [6, 6.07) is 13.3. The van der Waals surface area contributed by atoms with Gasteiger partial charge in [0.1, 0.15) is 0 Å². The number of rotatable bonds is 3. The van der Waals surface area contributed by atoms with Crippen LogP contribution < -0.4 is 10.2 Å². The van der Waals surface area contributed by atoms with Gasteiger partial charge >= 0.3 is 12.0 Å². The van der Waals surface area contributed by atoms with Crippen molar-refractivity contribution in [1.82, 2.24) is 0 Å². The quantitative estimate of drug-likeness (QED) is 0.779. The van der Waals surface area contributed by atoms with E-state index >= 15 is 0 Å². The first-order valence-corrected chi connectivity index (χ1v) is 7.19. The Bertz CT molecular complexity index is 671. The van der Waals surface area contributed by atoms with E-state index < -0.39 is 12.0 Å². The highest BCUT2D eigenvalue weighted by molar-refractivity contribution is 14.1. The highest BCUT2D eigenvalue weighted by atomic mass is 127. The molecule has 2 N–H and O–H groups in total. The Morgan fingerprint density at radius 3 is 2.33 bits per heavy atom. The molecule has 21 heavy (non-hydrogen) atoms. The summed E-state index contributed by atoms with van der Waals surface area (Å²) >= 11 is 2.18. The maximum absolute atomic E-state index is 12.2. The topological polar surface area (TPSA) is 69.6 Å². The van der Waals surface area contributed by atoms with Gasteiger partial charge in [0.05, 0.1) is 11.3 Å². The number of carboxylic acid groups (broad SMARTS) is 1. The van der Waals surface area contributed by atoms with E-state index in [-0.39, 0.29) is 5.56 Å². The minimum absolute atomic E-state index is 0.0813. The van der Waals surface area contributed by atoms with E-state index in [1.807, 2.05) is 12.1 Å². The van der Waals surface area contributed by atoms with Gasteiger partial charge in [-0.05, 0) is 59.0 Å². The monoisotopic (exact) mass is 396 g/mol. The van der Waals surface area contributed by atoms with Crippen molar-refractivity contribution in [3.05, 3.63) is 57.7 Å². The molecule has 0 radical (unpaired) electrons. The fraction of sp³-hybridized carbons (Fsp3) is 0.0667. The summed E-state index contributed by atoms with van der Waals surface area (Å²) < 4.78 is 1.06. The number of halogens is 1. The summed E-state index contributed by atoms with van der Waals surface area (Å²) in [6.45, 7) is 0. The molecule has 0 aliphatic carbocycles. The molecule has 0 spiro atoms. The van der Waals surface area contributed by atoms with Gasteiger partial charge in [0.2, 0.25) is 0 Å². The Balaban J connectivity index is 2.20. The van der Waals surface area contributed by atoms with E-state index in [0.717, 1.165) is 3.57 Å². The summed E-state index contributed by atoms with van der Waals surface area (Å²) in [5.41, 5.74) is 1.07. The van der Waals surface area contributed by atoms with Crippen LogP contribution in [0.3, 0.4) is 0 Å². The molecule has 0 saturated carbocycles. The van der Waals surface area contributed by atoms with Crippen molar-refractivity contribution >= 4 is 46.0 Å². The predicted molar refractivity (Wildman–Crippen MR) is 90.0 cm³/mol. The van der Waals surface area contributed by atoms with Crippen LogP contribution in [0.25, 0.3) is 0 Å². The number of anilines is 2. The fourth-order valence-electron chi connectivity index (χ4n) is 1.80. The Hall–Kier alpha value is -2.09. The first kappa shape index (κ1) is 15.3. The number of carboxylic acids is 1. The molecule has 6 heteroatoms. The van der Waals surface area contributed by atoms with Gasteiger partial charge in [0, 0.05) is 16.3 Å². The number of amides is 2. The lowest BCUT2D eigenvalue weighted by Gasteiger charge is -2.19. The Kier molecular flexibility index (Phi) is 4.79. The van der Waals surface area contributed by atoms with E-state index in [4.69, 9.17) is 5.11 Å². The lowest BCUT2D eigenvalue weighted by Crippen LogP contribution is -2.32. The van der Waals surface area contributed by atoms with Crippen LogP contribution in [0.15, 0.2) is 48.5 Å². The fourth-order valence-corrected chi connectivity index (χ4v) is 2.16. The van der Waals surface area contributed by atoms with Crippen molar-refractivity contribution in [3.8, 4) is 0 Å². The van der Waals surface area contributed by atoms with Crippen molar-refractivity contribution in [2.24, 2.45) is 0 Å². The first-order chi connectivity index (χ1) is 9.99. The van der Waals surface area contributed by atoms with Crippen molar-refractivity contribution in [2.45, 2.75) is 0 Å². The van der Waals surface area contributed by atoms with Crippen LogP contribution in [0.2, 0.25) is 0 Å². The number of carbonyl (C=O) groups is 2. The number of nitrogens with zero attached hydrogens (tertiary/aromatic N) is 1. The molecule has 2 amide bonds. The van der Waals surface area contributed by atoms with Crippen LogP contribution in [0.4, 0.5) is 16.2 Å². The zero-order valence-corrected chi connectivity index (χ0v) is 13.4. The van der Waals surface area contributed by atoms with Crippen molar-refractivity contribution < 1.29 is 14.7 Å². The zero-order valence-electron chi connectivity index (χ0n) is 11.2. The van der Waals surface area contributed by atoms with E-state index in [1.165, 1.54) is 18.0 Å². The molecule has 2 aromatic carbocycles. The highest BCUT2D eigenvalue weighted by Crippen LogP contribution is 2.20. The number of hydrogen-bond acceptors (Lipinski definition) is 2. The molecule has 0 fully saturated rings. The van der Waals surface area contributed by atoms with Gasteiger partial charge in [0.25, 0.3) is 0 Å². The number of benzene rings is 2. The third-order valence-electron chi connectivity index (χ3n) is 2.90. The summed E-state index contributed by atoms with van der Waals surface area (Å²) in [5, 5.41) is 11.9. The van der Waals surface area contributed by atoms with E-state index in [2.05, 4.69) is 27.9 Å². The van der Waals surface area contributed by atoms with Crippen LogP contribution in [0, 0.1) is 3.57 Å². The molecule has 0 bridgehead atoms. The normalized spacial score (nSPS) is 10.0. The molecule has 0 aromatic heterocycles. The molecule has 0 saturated heterocycles. The molecule has 0 aliphatic heterocycles. The Morgan fingerprint density at radius 2 is 1.71 bits per heavy atom. The summed E-state index contributed by atoms with van der Waals surface area (Å²) in [5.74, 6) is -1.07. The SMILES string of the molecule is CN(C(=O)Nc1ccc(I)cc1)c1ccccc1C(=O)O. The second kappa shape index (κ2) is 6.57. The predicted octanol–water partition coefficient (Wildman–Crippen LogP) is 3.66. The number of para-hydroxylation sites is 1. The third-order valence-corrected chi connectivity index (χ3v) is 3.62. The largest absolute Gasteiger partial charge is 0.478 e. The highest BCUT2D eigenvalue weighted by Gasteiger charge is 2.17. The standard InChI is InChI=1S/C15H13IN2O3/c1-18(13-5-3-2-4-12(13)14(19)20)15(21)17-11-8-6-10(16)7-9-11/h2-9H,1H3,(H,17,21)(H,19,20). The van der Waals surface area contributed by atoms with Gasteiger partial charge in [-0.1, -0.05) is 12.1 Å². The number of carbonyl (C=O) groups excluding carboxylic acids is 1. The van der Waals surface area contributed by atoms with Gasteiger partial charge in [-0.25, -0.2) is 9.59 Å². The van der Waals surface area contributed by atoms with Crippen LogP contribution >= 0.6 is 22.6 Å². The van der Waals surface area contributed by atoms with Crippen molar-refractivity contribution in [1.29, 1.82) is 0 Å². The lowest BCUT2D eigenvalue weighted by atomic mass is 10.1. The molecule has 2 aromatic rings. The van der Waals surface area contributed by atoms with Crippen LogP contribution in [-0.4, -0.2) is 24.2 Å². The average molecular weight is 396 g/mol. The minimum atomic E-state index is -1.07. The zero-order chi connectivity index (χ0) is 15.4. The molecule has 5 nitrogen and oxygen atoms in total. The second-order valence-electron chi connectivity index (χ2n) is 4.32. The van der Waals surface area contributed by atoms with Crippen LogP contribution in [-0.2, 0) is 0 Å². The molecular weight excluding hydrogens is 383 g/mol. The number of nitrogens with one attached hydrogen (secondary N) is 1. The van der Waals surface area contributed by atoms with E-state index in [0.29, 0.717) is 11.4 Å². The Labute approximate surface area is 135 Å². The maximum Gasteiger partial charge on any atom is 0.337 e. The number of hydrogen-bond donors (Lipinski definition) is 2. The molecule has 0 unspecified atom stereocenters. The number of urea groups is 1. The third kappa shape index (κ3) is 3.72. The molecule has 0 aliphatic rings. The summed E-state index contributed by atoms with van der Waals surface area (Å²) in [7, 11) is 1.53. The second-order valence-corrected chi connectivity index (χ2v) is 5.56. The smallest absolute Gasteiger partial charge is 0.337 e. The Morgan fingerprint density at radius 1 is 1.10 bits per heavy atom. The van der Waals surface area contributed by atoms with Crippen molar-refractivity contribution in [3.63, 3.8) is 0 Å². The van der Waals surface area contributed by atoms with Crippen molar-refractivity contribution in [2.75, 3.05) is 17.3 Å². The van der Waals surface area contributed by atoms with Gasteiger partial charge in [0.15, 0.2) is 0 Å². The van der Waals surface area contributed by atoms with Gasteiger partial charge in [-0.15, -0.1) is 0 Å². The molecular formula is C15H13IN2O3. The van der Waals surface area contributed by atoms with Gasteiger partial charge in [-0.3, -0.25) is 4.90 Å². The van der Waals surface area contributed by atoms with Gasteiger partial charge in [-0.2, -0.15) is 0 Å². The first-order valence-electron chi connectivity index (χ1n) is 6.11. The number of aromatic carboxylic acids is 1. The molecule has 0 atom stereocenters. The van der Waals surface area contributed by atoms with E-state index in [1.54, 1.807) is 30.3 Å². The molecule has 0 heterocycles. The maximum atomic E-state index is 12.2. The minimum Gasteiger partial charge on any atom is -0.478 e. The molecule has 108 valence electrons. The lowest BCUT2D eigenvalue weighted by molar-refractivity contribution is 0.0697. The summed E-state index contributed by atoms with van der Waals surface area (Å²) in [6.07, 6.45) is 0. The average Bonchev–Trinajstić information content (AvgIpc) is 2.48. The van der Waals surface area contributed by atoms with Crippen LogP contribution in [0.1, 0.15) is 10.4 Å². The summed E-state index contributed by atoms with van der Waals surface area (Å²) in [4.78, 5) is 24.7. The van der Waals surface area contributed by atoms with Gasteiger partial charge < -0.3 is 10.4 Å². The van der Waals surface area contributed by atoms with Crippen LogP contribution in [0.5, 0.6) is 0 Å². The molecule has 2 rings (SSSR count). The van der Waals surface area contributed by atoms with E-state index in [9.17, 15) is 9.59 Å².